The van der Waals surface area contributed by atoms with E-state index in [0.29, 0.717) is 23.9 Å². The minimum atomic E-state index is -0.0817. The molecule has 3 aromatic rings. The van der Waals surface area contributed by atoms with Crippen molar-refractivity contribution in [3.63, 3.8) is 0 Å². The van der Waals surface area contributed by atoms with E-state index in [2.05, 4.69) is 15.0 Å². The average Bonchev–Trinajstić information content (AvgIpc) is 2.99. The van der Waals surface area contributed by atoms with Crippen molar-refractivity contribution >= 4 is 16.8 Å². The number of hydrogen-bond donors (Lipinski definition) is 0. The van der Waals surface area contributed by atoms with Crippen LogP contribution in [0.5, 0.6) is 0 Å². The number of likely N-dealkylation sites (tertiary alicyclic amines) is 1. The molecule has 0 bridgehead atoms. The van der Waals surface area contributed by atoms with Gasteiger partial charge in [-0.2, -0.15) is 0 Å². The fourth-order valence-corrected chi connectivity index (χ4v) is 3.48. The first-order chi connectivity index (χ1) is 12.1. The fourth-order valence-electron chi connectivity index (χ4n) is 3.48. The molecular formula is C19H20N4O2. The van der Waals surface area contributed by atoms with E-state index in [1.165, 1.54) is 0 Å². The van der Waals surface area contributed by atoms with Crippen molar-refractivity contribution in [2.24, 2.45) is 0 Å². The van der Waals surface area contributed by atoms with Crippen molar-refractivity contribution in [2.75, 3.05) is 13.1 Å². The third kappa shape index (κ3) is 2.99. The van der Waals surface area contributed by atoms with Gasteiger partial charge in [-0.25, -0.2) is 4.98 Å². The summed E-state index contributed by atoms with van der Waals surface area (Å²) in [6.45, 7) is 4.94. The number of fused-ring (bicyclic) bond motifs is 1. The van der Waals surface area contributed by atoms with Gasteiger partial charge in [0.2, 0.25) is 5.76 Å². The zero-order valence-corrected chi connectivity index (χ0v) is 14.4. The quantitative estimate of drug-likeness (QED) is 0.718. The summed E-state index contributed by atoms with van der Waals surface area (Å²) in [5.74, 6) is 1.01. The molecule has 0 spiro atoms. The number of carbonyl (C=O) groups is 1. The van der Waals surface area contributed by atoms with E-state index in [9.17, 15) is 4.79 Å². The zero-order chi connectivity index (χ0) is 17.4. The third-order valence-corrected chi connectivity index (χ3v) is 4.73. The van der Waals surface area contributed by atoms with Gasteiger partial charge < -0.3 is 9.32 Å². The highest BCUT2D eigenvalue weighted by atomic mass is 16.4. The van der Waals surface area contributed by atoms with Crippen molar-refractivity contribution in [3.05, 3.63) is 53.6 Å². The summed E-state index contributed by atoms with van der Waals surface area (Å²) in [6, 6.07) is 5.95. The number of carbonyl (C=O) groups excluding carboxylic acids is 1. The molecule has 4 heterocycles. The molecule has 4 rings (SSSR count). The molecule has 1 fully saturated rings. The number of pyridine rings is 2. The van der Waals surface area contributed by atoms with Crippen molar-refractivity contribution in [2.45, 2.75) is 32.6 Å². The summed E-state index contributed by atoms with van der Waals surface area (Å²) in [5.41, 5.74) is 2.59. The standard InChI is InChI=1S/C19H20N4O2/c1-12-18(25-13(2)22-12)19(24)23-8-4-6-15(11-23)17-9-16-14(10-21-17)5-3-7-20-16/h3,5,7,9-10,15H,4,6,8,11H2,1-2H3. The van der Waals surface area contributed by atoms with Crippen LogP contribution in [0.15, 0.2) is 35.0 Å². The summed E-state index contributed by atoms with van der Waals surface area (Å²) in [6.07, 6.45) is 5.62. The molecular weight excluding hydrogens is 316 g/mol. The Bertz CT molecular complexity index is 934. The van der Waals surface area contributed by atoms with E-state index >= 15 is 0 Å². The van der Waals surface area contributed by atoms with Gasteiger partial charge in [0.25, 0.3) is 5.91 Å². The van der Waals surface area contributed by atoms with E-state index in [1.54, 1.807) is 13.1 Å². The van der Waals surface area contributed by atoms with Gasteiger partial charge >= 0.3 is 0 Å². The molecule has 1 amide bonds. The summed E-state index contributed by atoms with van der Waals surface area (Å²) < 4.78 is 5.50. The predicted octanol–water partition coefficient (Wildman–Crippen LogP) is 3.25. The first-order valence-corrected chi connectivity index (χ1v) is 8.56. The molecule has 0 radical (unpaired) electrons. The molecule has 0 saturated carbocycles. The molecule has 128 valence electrons. The molecule has 1 unspecified atom stereocenters. The van der Waals surface area contributed by atoms with E-state index in [-0.39, 0.29) is 11.8 Å². The minimum absolute atomic E-state index is 0.0817. The molecule has 6 nitrogen and oxygen atoms in total. The second-order valence-corrected chi connectivity index (χ2v) is 6.54. The molecule has 1 atom stereocenters. The van der Waals surface area contributed by atoms with Gasteiger partial charge in [0.15, 0.2) is 5.89 Å². The largest absolute Gasteiger partial charge is 0.436 e. The Morgan fingerprint density at radius 1 is 1.32 bits per heavy atom. The van der Waals surface area contributed by atoms with Crippen LogP contribution in [0.2, 0.25) is 0 Å². The third-order valence-electron chi connectivity index (χ3n) is 4.73. The molecule has 0 aliphatic carbocycles. The fraction of sp³-hybridized carbons (Fsp3) is 0.368. The number of nitrogens with zero attached hydrogens (tertiary/aromatic N) is 4. The van der Waals surface area contributed by atoms with Crippen LogP contribution in [-0.2, 0) is 0 Å². The van der Waals surface area contributed by atoms with Crippen LogP contribution in [-0.4, -0.2) is 38.8 Å². The van der Waals surface area contributed by atoms with Crippen molar-refractivity contribution in [1.82, 2.24) is 19.9 Å². The van der Waals surface area contributed by atoms with Gasteiger partial charge in [0, 0.05) is 49.4 Å². The van der Waals surface area contributed by atoms with Gasteiger partial charge in [-0.05, 0) is 38.0 Å². The topological polar surface area (TPSA) is 72.1 Å². The maximum Gasteiger partial charge on any atom is 0.291 e. The van der Waals surface area contributed by atoms with Gasteiger partial charge in [-0.15, -0.1) is 0 Å². The maximum absolute atomic E-state index is 12.8. The number of amides is 1. The Hall–Kier alpha value is -2.76. The summed E-state index contributed by atoms with van der Waals surface area (Å²) in [4.78, 5) is 27.9. The molecule has 25 heavy (non-hydrogen) atoms. The van der Waals surface area contributed by atoms with Crippen LogP contribution in [0.4, 0.5) is 0 Å². The van der Waals surface area contributed by atoms with Crippen LogP contribution in [0.1, 0.15) is 46.6 Å². The number of aryl methyl sites for hydroxylation is 2. The van der Waals surface area contributed by atoms with Gasteiger partial charge in [-0.3, -0.25) is 14.8 Å². The van der Waals surface area contributed by atoms with Crippen molar-refractivity contribution < 1.29 is 9.21 Å². The molecule has 6 heteroatoms. The number of aromatic nitrogens is 3. The number of rotatable bonds is 2. The molecule has 1 saturated heterocycles. The second-order valence-electron chi connectivity index (χ2n) is 6.54. The minimum Gasteiger partial charge on any atom is -0.436 e. The lowest BCUT2D eigenvalue weighted by atomic mass is 9.93. The lowest BCUT2D eigenvalue weighted by Gasteiger charge is -2.32. The smallest absolute Gasteiger partial charge is 0.291 e. The highest BCUT2D eigenvalue weighted by Gasteiger charge is 2.29. The highest BCUT2D eigenvalue weighted by Crippen LogP contribution is 2.28. The number of oxazole rings is 1. The van der Waals surface area contributed by atoms with E-state index in [0.717, 1.165) is 36.0 Å². The van der Waals surface area contributed by atoms with Gasteiger partial charge in [0.05, 0.1) is 11.2 Å². The van der Waals surface area contributed by atoms with E-state index in [1.807, 2.05) is 36.2 Å². The van der Waals surface area contributed by atoms with Crippen molar-refractivity contribution in [1.29, 1.82) is 0 Å². The average molecular weight is 336 g/mol. The predicted molar refractivity (Wildman–Crippen MR) is 93.4 cm³/mol. The molecule has 1 aliphatic heterocycles. The SMILES string of the molecule is Cc1nc(C)c(C(=O)N2CCCC(c3cc4ncccc4cn3)C2)o1. The van der Waals surface area contributed by atoms with Crippen LogP contribution in [0.25, 0.3) is 10.9 Å². The Labute approximate surface area is 145 Å². The van der Waals surface area contributed by atoms with Crippen LogP contribution in [0, 0.1) is 13.8 Å². The van der Waals surface area contributed by atoms with E-state index in [4.69, 9.17) is 4.42 Å². The number of hydrogen-bond acceptors (Lipinski definition) is 5. The second kappa shape index (κ2) is 6.27. The Morgan fingerprint density at radius 2 is 2.20 bits per heavy atom. The number of piperidine rings is 1. The molecule has 0 N–H and O–H groups in total. The van der Waals surface area contributed by atoms with E-state index < -0.39 is 0 Å². The summed E-state index contributed by atoms with van der Waals surface area (Å²) >= 11 is 0. The maximum atomic E-state index is 12.8. The first-order valence-electron chi connectivity index (χ1n) is 8.56. The first kappa shape index (κ1) is 15.7. The molecule has 1 aliphatic rings. The lowest BCUT2D eigenvalue weighted by Crippen LogP contribution is -2.39. The highest BCUT2D eigenvalue weighted by molar-refractivity contribution is 5.92. The van der Waals surface area contributed by atoms with Gasteiger partial charge in [0.1, 0.15) is 0 Å². The molecule has 3 aromatic heterocycles. The normalized spacial score (nSPS) is 17.8. The lowest BCUT2D eigenvalue weighted by molar-refractivity contribution is 0.0671. The molecule has 0 aromatic carbocycles. The summed E-state index contributed by atoms with van der Waals surface area (Å²) in [5, 5.41) is 1.03. The summed E-state index contributed by atoms with van der Waals surface area (Å²) in [7, 11) is 0. The van der Waals surface area contributed by atoms with Crippen LogP contribution >= 0.6 is 0 Å². The Kier molecular flexibility index (Phi) is 3.95. The Balaban J connectivity index is 1.57. The van der Waals surface area contributed by atoms with Crippen molar-refractivity contribution in [3.8, 4) is 0 Å². The Morgan fingerprint density at radius 3 is 3.00 bits per heavy atom. The zero-order valence-electron chi connectivity index (χ0n) is 14.4. The van der Waals surface area contributed by atoms with Crippen LogP contribution in [0.3, 0.4) is 0 Å². The monoisotopic (exact) mass is 336 g/mol. The van der Waals surface area contributed by atoms with Gasteiger partial charge in [-0.1, -0.05) is 0 Å². The van der Waals surface area contributed by atoms with Crippen LogP contribution < -0.4 is 0 Å².